The van der Waals surface area contributed by atoms with Crippen LogP contribution in [0.15, 0.2) is 35.6 Å². The minimum atomic E-state index is -4.33. The van der Waals surface area contributed by atoms with Gasteiger partial charge in [0.15, 0.2) is 5.16 Å². The molecule has 3 rings (SSSR count). The lowest BCUT2D eigenvalue weighted by molar-refractivity contribution is -0.137. The normalized spacial score (nSPS) is 16.2. The highest BCUT2D eigenvalue weighted by atomic mass is 32.2. The van der Waals surface area contributed by atoms with Crippen molar-refractivity contribution in [3.63, 3.8) is 0 Å². The fourth-order valence-electron chi connectivity index (χ4n) is 3.44. The van der Waals surface area contributed by atoms with Crippen molar-refractivity contribution < 1.29 is 18.3 Å². The van der Waals surface area contributed by atoms with Crippen LogP contribution in [0.3, 0.4) is 0 Å². The molecule has 0 spiro atoms. The molecule has 3 nitrogen and oxygen atoms in total. The third-order valence-corrected chi connectivity index (χ3v) is 5.91. The Hall–Kier alpha value is -1.47. The van der Waals surface area contributed by atoms with E-state index in [2.05, 4.69) is 4.98 Å². The number of aliphatic hydroxyl groups excluding tert-OH is 1. The largest absolute Gasteiger partial charge is 0.416 e. The zero-order chi connectivity index (χ0) is 18.6. The van der Waals surface area contributed by atoms with E-state index in [1.54, 1.807) is 12.3 Å². The van der Waals surface area contributed by atoms with Gasteiger partial charge in [-0.1, -0.05) is 49.2 Å². The molecule has 1 aromatic heterocycles. The molecule has 0 atom stereocenters. The van der Waals surface area contributed by atoms with Gasteiger partial charge in [0.2, 0.25) is 0 Å². The molecule has 0 amide bonds. The second-order valence-electron chi connectivity index (χ2n) is 6.79. The van der Waals surface area contributed by atoms with Gasteiger partial charge in [0, 0.05) is 12.3 Å². The smallest absolute Gasteiger partial charge is 0.390 e. The van der Waals surface area contributed by atoms with Crippen molar-refractivity contribution in [2.75, 3.05) is 0 Å². The third-order valence-electron chi connectivity index (χ3n) is 4.85. The topological polar surface area (TPSA) is 38.1 Å². The summed E-state index contributed by atoms with van der Waals surface area (Å²) >= 11 is 1.42. The number of rotatable bonds is 6. The van der Waals surface area contributed by atoms with Crippen LogP contribution in [-0.4, -0.2) is 14.7 Å². The van der Waals surface area contributed by atoms with E-state index in [-0.39, 0.29) is 6.61 Å². The lowest BCUT2D eigenvalue weighted by Crippen LogP contribution is -2.16. The first-order valence-electron chi connectivity index (χ1n) is 8.91. The maximum Gasteiger partial charge on any atom is 0.416 e. The van der Waals surface area contributed by atoms with Crippen molar-refractivity contribution in [3.8, 4) is 0 Å². The third kappa shape index (κ3) is 4.82. The van der Waals surface area contributed by atoms with Crippen molar-refractivity contribution in [1.29, 1.82) is 0 Å². The number of hydrogen-bond acceptors (Lipinski definition) is 3. The highest BCUT2D eigenvalue weighted by Gasteiger charge is 2.30. The van der Waals surface area contributed by atoms with E-state index >= 15 is 0 Å². The average molecular weight is 384 g/mol. The van der Waals surface area contributed by atoms with Crippen molar-refractivity contribution >= 4 is 11.8 Å². The molecule has 1 aliphatic carbocycles. The van der Waals surface area contributed by atoms with Gasteiger partial charge < -0.3 is 9.67 Å². The molecule has 1 aliphatic rings. The van der Waals surface area contributed by atoms with E-state index in [1.807, 2.05) is 4.57 Å². The molecule has 1 saturated carbocycles. The van der Waals surface area contributed by atoms with E-state index < -0.39 is 11.7 Å². The lowest BCUT2D eigenvalue weighted by Gasteiger charge is -2.23. The number of thioether (sulfide) groups is 1. The molecule has 0 saturated heterocycles. The first-order valence-corrected chi connectivity index (χ1v) is 9.90. The molecule has 0 radical (unpaired) electrons. The van der Waals surface area contributed by atoms with Gasteiger partial charge in [-0.25, -0.2) is 4.98 Å². The van der Waals surface area contributed by atoms with Crippen molar-refractivity contribution in [1.82, 2.24) is 9.55 Å². The molecule has 0 bridgehead atoms. The number of halogens is 3. The predicted molar refractivity (Wildman–Crippen MR) is 95.7 cm³/mol. The van der Waals surface area contributed by atoms with Gasteiger partial charge in [-0.3, -0.25) is 0 Å². The zero-order valence-corrected chi connectivity index (χ0v) is 15.3. The number of hydrogen-bond donors (Lipinski definition) is 1. The van der Waals surface area contributed by atoms with Crippen molar-refractivity contribution in [2.24, 2.45) is 5.92 Å². The van der Waals surface area contributed by atoms with Gasteiger partial charge in [-0.15, -0.1) is 0 Å². The van der Waals surface area contributed by atoms with Crippen LogP contribution in [-0.2, 0) is 25.1 Å². The van der Waals surface area contributed by atoms with Crippen LogP contribution < -0.4 is 0 Å². The summed E-state index contributed by atoms with van der Waals surface area (Å²) in [5.74, 6) is 0.993. The molecule has 0 aliphatic heterocycles. The Kier molecular flexibility index (Phi) is 6.29. The summed E-state index contributed by atoms with van der Waals surface area (Å²) < 4.78 is 40.6. The van der Waals surface area contributed by atoms with Gasteiger partial charge in [-0.2, -0.15) is 13.2 Å². The highest BCUT2D eigenvalue weighted by Crippen LogP contribution is 2.32. The second-order valence-corrected chi connectivity index (χ2v) is 7.73. The monoisotopic (exact) mass is 384 g/mol. The first-order chi connectivity index (χ1) is 12.5. The van der Waals surface area contributed by atoms with Gasteiger partial charge >= 0.3 is 6.18 Å². The maximum absolute atomic E-state index is 12.9. The molecule has 1 fully saturated rings. The summed E-state index contributed by atoms with van der Waals surface area (Å²) in [5, 5.41) is 10.3. The van der Waals surface area contributed by atoms with Crippen molar-refractivity contribution in [3.05, 3.63) is 47.3 Å². The first kappa shape index (κ1) is 19.3. The number of nitrogens with zero attached hydrogens (tertiary/aromatic N) is 2. The SMILES string of the molecule is OCc1cnc(SCc2cccc(C(F)(F)F)c2)n1CC1CCCCC1. The molecule has 0 unspecified atom stereocenters. The Labute approximate surface area is 155 Å². The van der Waals surface area contributed by atoms with Crippen molar-refractivity contribution in [2.45, 2.75) is 62.3 Å². The summed E-state index contributed by atoms with van der Waals surface area (Å²) in [5.41, 5.74) is 0.752. The summed E-state index contributed by atoms with van der Waals surface area (Å²) in [6.07, 6.45) is 3.45. The van der Waals surface area contributed by atoms with Gasteiger partial charge in [-0.05, 0) is 30.4 Å². The number of imidazole rings is 1. The molecule has 1 heterocycles. The number of aromatic nitrogens is 2. The van der Waals surface area contributed by atoms with Crippen LogP contribution in [0.2, 0.25) is 0 Å². The van der Waals surface area contributed by atoms with Gasteiger partial charge in [0.05, 0.1) is 24.1 Å². The Morgan fingerprint density at radius 3 is 2.65 bits per heavy atom. The standard InChI is InChI=1S/C19H23F3N2OS/c20-19(21,22)16-8-4-7-15(9-16)13-26-18-23-10-17(12-25)24(18)11-14-5-2-1-3-6-14/h4,7-10,14,25H,1-3,5-6,11-13H2. The Balaban J connectivity index is 1.71. The molecular weight excluding hydrogens is 361 g/mol. The number of benzene rings is 1. The average Bonchev–Trinajstić information content (AvgIpc) is 3.02. The Morgan fingerprint density at radius 2 is 1.96 bits per heavy atom. The second kappa shape index (κ2) is 8.48. The predicted octanol–water partition coefficient (Wildman–Crippen LogP) is 5.27. The van der Waals surface area contributed by atoms with Crippen LogP contribution in [0.25, 0.3) is 0 Å². The van der Waals surface area contributed by atoms with Crippen LogP contribution >= 0.6 is 11.8 Å². The summed E-state index contributed by atoms with van der Waals surface area (Å²) in [4.78, 5) is 4.38. The summed E-state index contributed by atoms with van der Waals surface area (Å²) in [7, 11) is 0. The minimum Gasteiger partial charge on any atom is -0.390 e. The van der Waals surface area contributed by atoms with E-state index in [9.17, 15) is 18.3 Å². The molecule has 2 aromatic rings. The quantitative estimate of drug-likeness (QED) is 0.690. The molecule has 7 heteroatoms. The minimum absolute atomic E-state index is 0.0795. The molecular formula is C19H23F3N2OS. The summed E-state index contributed by atoms with van der Waals surface area (Å²) in [6, 6.07) is 5.41. The van der Waals surface area contributed by atoms with E-state index in [4.69, 9.17) is 0 Å². The number of alkyl halides is 3. The fourth-order valence-corrected chi connectivity index (χ4v) is 4.39. The molecule has 1 aromatic carbocycles. The van der Waals surface area contributed by atoms with Crippen LogP contribution in [0.1, 0.15) is 48.9 Å². The Morgan fingerprint density at radius 1 is 1.19 bits per heavy atom. The lowest BCUT2D eigenvalue weighted by atomic mass is 9.89. The molecule has 142 valence electrons. The molecule has 1 N–H and O–H groups in total. The van der Waals surface area contributed by atoms with Gasteiger partial charge in [0.25, 0.3) is 0 Å². The summed E-state index contributed by atoms with van der Waals surface area (Å²) in [6.45, 7) is 0.741. The van der Waals surface area contributed by atoms with E-state index in [1.165, 1.54) is 56.0 Å². The highest BCUT2D eigenvalue weighted by molar-refractivity contribution is 7.98. The maximum atomic E-state index is 12.9. The van der Waals surface area contributed by atoms with Crippen LogP contribution in [0.5, 0.6) is 0 Å². The molecule has 26 heavy (non-hydrogen) atoms. The zero-order valence-electron chi connectivity index (χ0n) is 14.5. The van der Waals surface area contributed by atoms with Gasteiger partial charge in [0.1, 0.15) is 0 Å². The Bertz CT molecular complexity index is 724. The van der Waals surface area contributed by atoms with Crippen LogP contribution in [0.4, 0.5) is 13.2 Å². The van der Waals surface area contributed by atoms with Crippen LogP contribution in [0, 0.1) is 5.92 Å². The number of aliphatic hydroxyl groups is 1. The van der Waals surface area contributed by atoms with E-state index in [0.29, 0.717) is 17.2 Å². The van der Waals surface area contributed by atoms with E-state index in [0.717, 1.165) is 23.5 Å². The fraction of sp³-hybridized carbons (Fsp3) is 0.526.